The van der Waals surface area contributed by atoms with Crippen LogP contribution >= 0.6 is 0 Å². The second kappa shape index (κ2) is 3.00. The van der Waals surface area contributed by atoms with Crippen LogP contribution in [0.2, 0.25) is 0 Å². The molecular weight excluding hydrogens is 136 g/mol. The molecule has 0 amide bonds. The van der Waals surface area contributed by atoms with E-state index in [0.717, 1.165) is 0 Å². The van der Waals surface area contributed by atoms with E-state index in [9.17, 15) is 9.59 Å². The predicted molar refractivity (Wildman–Crippen MR) is 33.6 cm³/mol. The second-order valence-corrected chi connectivity index (χ2v) is 1.82. The number of carbonyl (C=O) groups is 2. The molecular formula is C6H8O4. The zero-order valence-electron chi connectivity index (χ0n) is 6.37. The van der Waals surface area contributed by atoms with E-state index in [2.05, 4.69) is 0 Å². The Labute approximate surface area is 59.2 Å². The summed E-state index contributed by atoms with van der Waals surface area (Å²) in [4.78, 5) is 20.4. The molecule has 0 aliphatic heterocycles. The van der Waals surface area contributed by atoms with Crippen molar-refractivity contribution in [3.05, 3.63) is 12.1 Å². The fourth-order valence-electron chi connectivity index (χ4n) is 0.318. The summed E-state index contributed by atoms with van der Waals surface area (Å²) >= 11 is 0. The molecule has 0 aromatic carbocycles. The van der Waals surface area contributed by atoms with Crippen molar-refractivity contribution in [3.63, 3.8) is 0 Å². The van der Waals surface area contributed by atoms with Crippen molar-refractivity contribution in [1.82, 2.24) is 0 Å². The molecule has 0 saturated heterocycles. The molecule has 0 aromatic rings. The highest BCUT2D eigenvalue weighted by atomic mass is 16.4. The van der Waals surface area contributed by atoms with Crippen LogP contribution in [-0.2, 0) is 9.59 Å². The molecule has 0 radical (unpaired) electrons. The summed E-state index contributed by atoms with van der Waals surface area (Å²) < 4.78 is 6.61. The van der Waals surface area contributed by atoms with Gasteiger partial charge in [-0.05, 0) is 6.92 Å². The first-order chi connectivity index (χ1) is 5.00. The van der Waals surface area contributed by atoms with Crippen LogP contribution in [0.3, 0.4) is 0 Å². The second-order valence-electron chi connectivity index (χ2n) is 1.82. The molecule has 10 heavy (non-hydrogen) atoms. The first-order valence-electron chi connectivity index (χ1n) is 3.13. The van der Waals surface area contributed by atoms with Crippen molar-refractivity contribution >= 4 is 11.9 Å². The number of carboxylic acids is 2. The summed E-state index contributed by atoms with van der Waals surface area (Å²) in [5.74, 6) is -3.74. The van der Waals surface area contributed by atoms with Gasteiger partial charge in [0.15, 0.2) is 0 Å². The van der Waals surface area contributed by atoms with E-state index in [0.29, 0.717) is 6.55 Å². The van der Waals surface area contributed by atoms with Crippen LogP contribution in [0.4, 0.5) is 0 Å². The van der Waals surface area contributed by atoms with Crippen molar-refractivity contribution < 1.29 is 21.2 Å². The summed E-state index contributed by atoms with van der Waals surface area (Å²) in [7, 11) is 0. The van der Waals surface area contributed by atoms with Gasteiger partial charge >= 0.3 is 11.9 Å². The van der Waals surface area contributed by atoms with Gasteiger partial charge in [-0.15, -0.1) is 0 Å². The van der Waals surface area contributed by atoms with Gasteiger partial charge in [0, 0.05) is 5.57 Å². The Kier molecular flexibility index (Phi) is 2.04. The molecule has 0 bridgehead atoms. The van der Waals surface area contributed by atoms with Gasteiger partial charge in [-0.25, -0.2) is 4.79 Å². The van der Waals surface area contributed by atoms with Crippen LogP contribution in [0.25, 0.3) is 0 Å². The largest absolute Gasteiger partial charge is 0.481 e. The van der Waals surface area contributed by atoms with E-state index >= 15 is 0 Å². The minimum absolute atomic E-state index is 0.419. The zero-order valence-corrected chi connectivity index (χ0v) is 5.37. The molecule has 2 N–H and O–H groups in total. The van der Waals surface area contributed by atoms with Gasteiger partial charge in [-0.2, -0.15) is 0 Å². The molecule has 0 heterocycles. The first kappa shape index (κ1) is 6.80. The monoisotopic (exact) mass is 145 g/mol. The highest BCUT2D eigenvalue weighted by molar-refractivity contribution is 5.92. The van der Waals surface area contributed by atoms with Crippen molar-refractivity contribution in [1.29, 1.82) is 0 Å². The third kappa shape index (κ3) is 1.89. The summed E-state index contributed by atoms with van der Waals surface area (Å²) in [6, 6.07) is 0. The smallest absolute Gasteiger partial charge is 0.331 e. The van der Waals surface area contributed by atoms with Gasteiger partial charge in [-0.1, -0.05) is 6.55 Å². The van der Waals surface area contributed by atoms with Crippen molar-refractivity contribution in [2.24, 2.45) is 5.92 Å². The molecule has 56 valence electrons. The fraction of sp³-hybridized carbons (Fsp3) is 0.333. The average Bonchev–Trinajstić information content (AvgIpc) is 1.88. The van der Waals surface area contributed by atoms with Crippen LogP contribution in [0.5, 0.6) is 0 Å². The number of aliphatic carboxylic acids is 2. The SMILES string of the molecule is [2H]C=C(C(=O)O)C(C)C(=O)O. The fourth-order valence-corrected chi connectivity index (χ4v) is 0.318. The van der Waals surface area contributed by atoms with E-state index < -0.39 is 23.4 Å². The quantitative estimate of drug-likeness (QED) is 0.562. The van der Waals surface area contributed by atoms with Gasteiger partial charge in [0.05, 0.1) is 7.29 Å². The van der Waals surface area contributed by atoms with Crippen LogP contribution in [0, 0.1) is 5.92 Å². The number of hydrogen-bond donors (Lipinski definition) is 2. The Morgan fingerprint density at radius 3 is 2.20 bits per heavy atom. The van der Waals surface area contributed by atoms with Crippen molar-refractivity contribution in [2.75, 3.05) is 0 Å². The normalized spacial score (nSPS) is 15.7. The third-order valence-corrected chi connectivity index (χ3v) is 1.08. The highest BCUT2D eigenvalue weighted by Crippen LogP contribution is 2.07. The Balaban J connectivity index is 4.54. The van der Waals surface area contributed by atoms with Crippen LogP contribution in [0.1, 0.15) is 8.29 Å². The summed E-state index contributed by atoms with van der Waals surface area (Å²) in [5, 5.41) is 16.7. The Morgan fingerprint density at radius 2 is 2.10 bits per heavy atom. The number of rotatable bonds is 3. The van der Waals surface area contributed by atoms with Gasteiger partial charge in [0.25, 0.3) is 0 Å². The minimum atomic E-state index is -1.37. The van der Waals surface area contributed by atoms with Crippen LogP contribution < -0.4 is 0 Å². The third-order valence-electron chi connectivity index (χ3n) is 1.08. The van der Waals surface area contributed by atoms with Crippen LogP contribution in [-0.4, -0.2) is 22.2 Å². The minimum Gasteiger partial charge on any atom is -0.481 e. The maximum Gasteiger partial charge on any atom is 0.331 e. The van der Waals surface area contributed by atoms with E-state index in [1.165, 1.54) is 6.92 Å². The van der Waals surface area contributed by atoms with Gasteiger partial charge in [0.1, 0.15) is 0 Å². The lowest BCUT2D eigenvalue weighted by molar-refractivity contribution is -0.143. The highest BCUT2D eigenvalue weighted by Gasteiger charge is 2.19. The maximum atomic E-state index is 10.2. The standard InChI is InChI=1S/C6H8O4/c1-3(5(7)8)4(2)6(9)10/h4H,1H2,2H3,(H,7,8)(H,9,10)/i1D. The Bertz CT molecular complexity index is 209. The van der Waals surface area contributed by atoms with Crippen molar-refractivity contribution in [3.8, 4) is 0 Å². The molecule has 4 heteroatoms. The predicted octanol–water partition coefficient (Wildman–Crippen LogP) is 0.348. The molecule has 0 fully saturated rings. The Hall–Kier alpha value is -1.32. The van der Waals surface area contributed by atoms with E-state index in [-0.39, 0.29) is 0 Å². The lowest BCUT2D eigenvalue weighted by atomic mass is 10.0. The molecule has 1 atom stereocenters. The first-order valence-corrected chi connectivity index (χ1v) is 2.55. The Morgan fingerprint density at radius 1 is 1.60 bits per heavy atom. The van der Waals surface area contributed by atoms with E-state index in [1.54, 1.807) is 0 Å². The van der Waals surface area contributed by atoms with Crippen LogP contribution in [0.15, 0.2) is 12.1 Å². The lowest BCUT2D eigenvalue weighted by Crippen LogP contribution is -2.17. The van der Waals surface area contributed by atoms with Gasteiger partial charge in [0.2, 0.25) is 0 Å². The van der Waals surface area contributed by atoms with Gasteiger partial charge in [-0.3, -0.25) is 4.79 Å². The summed E-state index contributed by atoms with van der Waals surface area (Å²) in [6.07, 6.45) is 0. The molecule has 0 aliphatic rings. The topological polar surface area (TPSA) is 74.6 Å². The molecule has 0 rings (SSSR count). The van der Waals surface area contributed by atoms with E-state index in [1.807, 2.05) is 0 Å². The van der Waals surface area contributed by atoms with E-state index in [4.69, 9.17) is 11.6 Å². The summed E-state index contributed by atoms with van der Waals surface area (Å²) in [5.41, 5.74) is -0.419. The molecule has 1 unspecified atom stereocenters. The molecule has 0 aromatic heterocycles. The maximum absolute atomic E-state index is 10.2. The van der Waals surface area contributed by atoms with Gasteiger partial charge < -0.3 is 10.2 Å². The summed E-state index contributed by atoms with van der Waals surface area (Å²) in [6.45, 7) is 1.76. The van der Waals surface area contributed by atoms with Crippen molar-refractivity contribution in [2.45, 2.75) is 6.92 Å². The molecule has 0 aliphatic carbocycles. The molecule has 0 saturated carbocycles. The number of hydrogen-bond acceptors (Lipinski definition) is 2. The lowest BCUT2D eigenvalue weighted by Gasteiger charge is -2.03. The average molecular weight is 145 g/mol. The molecule has 4 nitrogen and oxygen atoms in total. The molecule has 0 spiro atoms. The zero-order chi connectivity index (χ0) is 9.02. The number of carboxylic acid groups (broad SMARTS) is 2.